The standard InChI is InChI=1S/C41H64N6O10/c1-12-31-41(8)34(47(39(52)57-41)43-18-15-19-46-22-42-28-16-13-14-17-29(28)46)27(6)44-36(50)23(2)21-40(7,53-11)35(25(4)32(48)26(5)37(51)55-31)56-38-33(49)30(45(9)10)20-24(3)54-38/h13-14,16-17,22-27,30-31,33-35,38,43,49H,12,15,18-21H2,1-11H3,(H,44,50)/t23-,24-,25-,26-,27?,30+,31+,33-,34-,35-,38+,40+,41-/m1/s1. The zero-order chi connectivity index (χ0) is 42.0. The van der Waals surface area contributed by atoms with Gasteiger partial charge < -0.3 is 43.6 Å². The van der Waals surface area contributed by atoms with Crippen LogP contribution in [0.2, 0.25) is 0 Å². The summed E-state index contributed by atoms with van der Waals surface area (Å²) in [6.07, 6.45) is -1.84. The van der Waals surface area contributed by atoms with Crippen LogP contribution in [-0.2, 0) is 44.6 Å². The number of cyclic esters (lactones) is 1. The molecular weight excluding hydrogens is 736 g/mol. The number of nitrogens with one attached hydrogen (secondary N) is 2. The van der Waals surface area contributed by atoms with E-state index < -0.39 is 83.5 Å². The van der Waals surface area contributed by atoms with Crippen LogP contribution in [0.15, 0.2) is 30.6 Å². The molecule has 318 valence electrons. The SMILES string of the molecule is CC[C@@H]1OC(=O)[C@H](C)C(=O)[C@@H](C)[C@@H](O[C@@H]2O[C@H](C)C[C@H](N(C)C)[C@H]2O)[C@@](C)(OC)C[C@@H](C)C(=O)NC(C)[C@H]2N(NCCCn3cnc4ccccc43)C(=O)O[C@]12C. The molecule has 16 heteroatoms. The van der Waals surface area contributed by atoms with Crippen molar-refractivity contribution in [3.63, 3.8) is 0 Å². The fraction of sp³-hybridized carbons (Fsp3) is 0.732. The first-order valence-electron chi connectivity index (χ1n) is 20.3. The van der Waals surface area contributed by atoms with Gasteiger partial charge in [0, 0.05) is 38.1 Å². The molecule has 0 spiro atoms. The average Bonchev–Trinajstić information content (AvgIpc) is 3.70. The minimum atomic E-state index is -1.43. The van der Waals surface area contributed by atoms with Crippen LogP contribution in [-0.4, -0.2) is 136 Å². The van der Waals surface area contributed by atoms with Gasteiger partial charge in [0.2, 0.25) is 5.91 Å². The Labute approximate surface area is 336 Å². The van der Waals surface area contributed by atoms with E-state index in [1.165, 1.54) is 19.0 Å². The van der Waals surface area contributed by atoms with E-state index in [2.05, 4.69) is 15.7 Å². The van der Waals surface area contributed by atoms with Gasteiger partial charge in [-0.2, -0.15) is 0 Å². The molecule has 1 unspecified atom stereocenters. The number of hydrogen-bond donors (Lipinski definition) is 3. The number of aromatic nitrogens is 2. The molecule has 2 aromatic rings. The Bertz CT molecular complexity index is 1740. The molecule has 3 aliphatic heterocycles. The van der Waals surface area contributed by atoms with Gasteiger partial charge in [-0.05, 0) is 86.5 Å². The first-order chi connectivity index (χ1) is 26.9. The van der Waals surface area contributed by atoms with E-state index in [1.54, 1.807) is 47.9 Å². The topological polar surface area (TPSA) is 183 Å². The van der Waals surface area contributed by atoms with Gasteiger partial charge in [-0.25, -0.2) is 20.2 Å². The number of aliphatic hydroxyl groups excluding tert-OH is 1. The van der Waals surface area contributed by atoms with Crippen molar-refractivity contribution in [3.8, 4) is 0 Å². The Morgan fingerprint density at radius 2 is 1.79 bits per heavy atom. The quantitative estimate of drug-likeness (QED) is 0.181. The number of ether oxygens (including phenoxy) is 5. The molecule has 0 saturated carbocycles. The second-order valence-corrected chi connectivity index (χ2v) is 16.8. The number of carbonyl (C=O) groups is 4. The molecule has 3 fully saturated rings. The summed E-state index contributed by atoms with van der Waals surface area (Å²) in [5.74, 6) is -4.52. The lowest BCUT2D eigenvalue weighted by Crippen LogP contribution is -2.63. The van der Waals surface area contributed by atoms with Crippen molar-refractivity contribution >= 4 is 34.8 Å². The highest BCUT2D eigenvalue weighted by atomic mass is 16.7. The number of likely N-dealkylation sites (N-methyl/N-ethyl adjacent to an activating group) is 1. The highest BCUT2D eigenvalue weighted by Crippen LogP contribution is 2.39. The molecule has 16 nitrogen and oxygen atoms in total. The van der Waals surface area contributed by atoms with Crippen molar-refractivity contribution in [3.05, 3.63) is 30.6 Å². The molecular formula is C41H64N6O10. The lowest BCUT2D eigenvalue weighted by Gasteiger charge is -2.46. The van der Waals surface area contributed by atoms with E-state index in [9.17, 15) is 24.3 Å². The van der Waals surface area contributed by atoms with Gasteiger partial charge in [0.1, 0.15) is 24.2 Å². The van der Waals surface area contributed by atoms with Gasteiger partial charge >= 0.3 is 12.1 Å². The second kappa shape index (κ2) is 18.1. The molecule has 5 rings (SSSR count). The lowest BCUT2D eigenvalue weighted by molar-refractivity contribution is -0.295. The van der Waals surface area contributed by atoms with Crippen molar-refractivity contribution < 1.29 is 48.0 Å². The number of aliphatic hydroxyl groups is 1. The number of aryl methyl sites for hydroxylation is 1. The number of Topliss-reactive ketones (excluding diaryl/α,β-unsaturated/α-hetero) is 1. The minimum Gasteiger partial charge on any atom is -0.457 e. The fourth-order valence-electron chi connectivity index (χ4n) is 9.00. The molecule has 1 aromatic heterocycles. The number of carbonyl (C=O) groups excluding carboxylic acids is 4. The number of rotatable bonds is 10. The van der Waals surface area contributed by atoms with E-state index in [4.69, 9.17) is 23.7 Å². The third kappa shape index (κ3) is 9.15. The van der Waals surface area contributed by atoms with Crippen molar-refractivity contribution in [2.24, 2.45) is 17.8 Å². The van der Waals surface area contributed by atoms with E-state index in [-0.39, 0.29) is 30.9 Å². The second-order valence-electron chi connectivity index (χ2n) is 16.8. The smallest absolute Gasteiger partial charge is 0.425 e. The number of esters is 1. The van der Waals surface area contributed by atoms with Gasteiger partial charge in [-0.3, -0.25) is 14.4 Å². The summed E-state index contributed by atoms with van der Waals surface area (Å²) in [4.78, 5) is 62.5. The van der Waals surface area contributed by atoms with E-state index in [1.807, 2.05) is 54.8 Å². The summed E-state index contributed by atoms with van der Waals surface area (Å²) in [6, 6.07) is 6.03. The van der Waals surface area contributed by atoms with Gasteiger partial charge in [0.15, 0.2) is 17.7 Å². The first kappa shape index (κ1) is 44.4. The van der Waals surface area contributed by atoms with Crippen LogP contribution in [0.3, 0.4) is 0 Å². The predicted molar refractivity (Wildman–Crippen MR) is 210 cm³/mol. The summed E-state index contributed by atoms with van der Waals surface area (Å²) >= 11 is 0. The summed E-state index contributed by atoms with van der Waals surface area (Å²) in [5.41, 5.74) is 2.42. The number of hydrogen-bond acceptors (Lipinski definition) is 13. The molecule has 3 N–H and O–H groups in total. The van der Waals surface area contributed by atoms with E-state index in [0.29, 0.717) is 25.9 Å². The third-order valence-corrected chi connectivity index (χ3v) is 12.3. The van der Waals surface area contributed by atoms with Crippen LogP contribution in [0.5, 0.6) is 0 Å². The number of imidazole rings is 1. The average molecular weight is 801 g/mol. The largest absolute Gasteiger partial charge is 0.457 e. The Kier molecular flexibility index (Phi) is 14.1. The van der Waals surface area contributed by atoms with Crippen LogP contribution in [0, 0.1) is 17.8 Å². The van der Waals surface area contributed by atoms with Crippen molar-refractivity contribution in [2.75, 3.05) is 27.7 Å². The molecule has 4 heterocycles. The zero-order valence-electron chi connectivity index (χ0n) is 35.4. The highest BCUT2D eigenvalue weighted by molar-refractivity contribution is 6.00. The highest BCUT2D eigenvalue weighted by Gasteiger charge is 2.59. The molecule has 0 radical (unpaired) electrons. The monoisotopic (exact) mass is 800 g/mol. The number of hydrazine groups is 1. The zero-order valence-corrected chi connectivity index (χ0v) is 35.4. The molecule has 0 aliphatic carbocycles. The van der Waals surface area contributed by atoms with E-state index in [0.717, 1.165) is 11.0 Å². The number of methoxy groups -OCH3 is 1. The van der Waals surface area contributed by atoms with Gasteiger partial charge in [-0.1, -0.05) is 32.9 Å². The molecule has 3 aliphatic rings. The Hall–Kier alpha value is -3.67. The van der Waals surface area contributed by atoms with Gasteiger partial charge in [-0.15, -0.1) is 0 Å². The van der Waals surface area contributed by atoms with Crippen molar-refractivity contribution in [2.45, 2.75) is 148 Å². The van der Waals surface area contributed by atoms with Crippen LogP contribution in [0.1, 0.15) is 81.1 Å². The summed E-state index contributed by atoms with van der Waals surface area (Å²) in [5, 5.41) is 15.9. The van der Waals surface area contributed by atoms with Gasteiger partial charge in [0.05, 0.1) is 41.2 Å². The Balaban J connectivity index is 1.44. The number of fused-ring (bicyclic) bond motifs is 2. The van der Waals surface area contributed by atoms with Crippen LogP contribution >= 0.6 is 0 Å². The van der Waals surface area contributed by atoms with Crippen LogP contribution in [0.4, 0.5) is 4.79 Å². The molecule has 1 aromatic carbocycles. The molecule has 0 bridgehead atoms. The van der Waals surface area contributed by atoms with Gasteiger partial charge in [0.25, 0.3) is 0 Å². The maximum atomic E-state index is 14.3. The maximum Gasteiger partial charge on any atom is 0.425 e. The van der Waals surface area contributed by atoms with Crippen LogP contribution in [0.25, 0.3) is 11.0 Å². The first-order valence-corrected chi connectivity index (χ1v) is 20.3. The number of ketones is 1. The number of nitrogens with zero attached hydrogens (tertiary/aromatic N) is 4. The fourth-order valence-corrected chi connectivity index (χ4v) is 9.00. The number of amides is 2. The summed E-state index contributed by atoms with van der Waals surface area (Å²) < 4.78 is 33.1. The number of para-hydroxylation sites is 2. The number of benzene rings is 1. The maximum absolute atomic E-state index is 14.3. The molecule has 2 amide bonds. The predicted octanol–water partition coefficient (Wildman–Crippen LogP) is 3.43. The molecule has 3 saturated heterocycles. The lowest BCUT2D eigenvalue weighted by atomic mass is 9.78. The molecule has 57 heavy (non-hydrogen) atoms. The summed E-state index contributed by atoms with van der Waals surface area (Å²) in [6.45, 7) is 14.8. The minimum absolute atomic E-state index is 0.0957. The Morgan fingerprint density at radius 1 is 1.09 bits per heavy atom. The Morgan fingerprint density at radius 3 is 2.46 bits per heavy atom. The van der Waals surface area contributed by atoms with Crippen LogP contribution < -0.4 is 10.7 Å². The summed E-state index contributed by atoms with van der Waals surface area (Å²) in [7, 11) is 5.21. The third-order valence-electron chi connectivity index (χ3n) is 12.3. The normalized spacial score (nSPS) is 37.4. The van der Waals surface area contributed by atoms with Crippen molar-refractivity contribution in [1.29, 1.82) is 0 Å². The van der Waals surface area contributed by atoms with E-state index >= 15 is 0 Å². The molecule has 13 atom stereocenters. The van der Waals surface area contributed by atoms with Crippen molar-refractivity contribution in [1.82, 2.24) is 30.2 Å².